The fraction of sp³-hybridized carbons (Fsp3) is 0.625. The van der Waals surface area contributed by atoms with Crippen molar-refractivity contribution < 1.29 is 14.8 Å². The first-order valence-electron chi connectivity index (χ1n) is 8.89. The largest absolute Gasteiger partial charge is 0.380 e. The highest BCUT2D eigenvalue weighted by molar-refractivity contribution is 5.41. The van der Waals surface area contributed by atoms with Crippen LogP contribution in [0.5, 0.6) is 0 Å². The van der Waals surface area contributed by atoms with Gasteiger partial charge in [-0.05, 0) is 25.2 Å². The van der Waals surface area contributed by atoms with Gasteiger partial charge in [0.1, 0.15) is 5.54 Å². The Balaban J connectivity index is 2.20. The molecule has 12 nitrogen and oxygen atoms in total. The summed E-state index contributed by atoms with van der Waals surface area (Å²) >= 11 is 0. The molecule has 4 bridgehead atoms. The third-order valence-electron chi connectivity index (χ3n) is 7.29. The van der Waals surface area contributed by atoms with Crippen molar-refractivity contribution in [1.29, 1.82) is 0 Å². The average Bonchev–Trinajstić information content (AvgIpc) is 2.61. The summed E-state index contributed by atoms with van der Waals surface area (Å²) in [5.41, 5.74) is -0.641. The van der Waals surface area contributed by atoms with Gasteiger partial charge in [-0.1, -0.05) is 30.3 Å². The van der Waals surface area contributed by atoms with Gasteiger partial charge in [0.15, 0.2) is 0 Å². The van der Waals surface area contributed by atoms with Crippen molar-refractivity contribution in [1.82, 2.24) is 5.43 Å². The molecule has 0 radical (unpaired) electrons. The molecule has 0 spiro atoms. The molecule has 12 heteroatoms. The molecule has 1 aromatic rings. The summed E-state index contributed by atoms with van der Waals surface area (Å²) < 4.78 is 0. The molecule has 4 saturated carbocycles. The van der Waals surface area contributed by atoms with Crippen LogP contribution in [-0.4, -0.2) is 31.5 Å². The highest BCUT2D eigenvalue weighted by Gasteiger charge is 2.98. The van der Waals surface area contributed by atoms with Crippen LogP contribution < -0.4 is 17.0 Å². The van der Waals surface area contributed by atoms with Crippen LogP contribution in [0.1, 0.15) is 31.2 Å². The van der Waals surface area contributed by atoms with Crippen LogP contribution in [0.2, 0.25) is 0 Å². The van der Waals surface area contributed by atoms with E-state index in [1.54, 1.807) is 6.07 Å². The molecule has 0 aromatic heterocycles. The lowest BCUT2D eigenvalue weighted by Crippen LogP contribution is -2.94. The number of rotatable bonds is 5. The Morgan fingerprint density at radius 2 is 1.61 bits per heavy atom. The van der Waals surface area contributed by atoms with Crippen LogP contribution in [-0.2, 0) is 5.54 Å². The lowest BCUT2D eigenvalue weighted by molar-refractivity contribution is -0.785. The molecule has 5 rings (SSSR count). The molecule has 5 N–H and O–H groups in total. The number of benzene rings is 1. The second-order valence-electron chi connectivity index (χ2n) is 8.19. The smallest absolute Gasteiger partial charge is 0.319 e. The zero-order chi connectivity index (χ0) is 20.5. The summed E-state index contributed by atoms with van der Waals surface area (Å²) in [7, 11) is 0. The molecular formula is C16H20N6O6. The average molecular weight is 392 g/mol. The van der Waals surface area contributed by atoms with Gasteiger partial charge < -0.3 is 5.73 Å². The van der Waals surface area contributed by atoms with E-state index in [9.17, 15) is 30.3 Å². The zero-order valence-corrected chi connectivity index (χ0v) is 14.8. The van der Waals surface area contributed by atoms with E-state index in [1.165, 1.54) is 24.3 Å². The number of hydrogen-bond acceptors (Lipinski definition) is 9. The maximum Gasteiger partial charge on any atom is 0.380 e. The van der Waals surface area contributed by atoms with E-state index in [0.717, 1.165) is 0 Å². The topological polar surface area (TPSA) is 193 Å². The van der Waals surface area contributed by atoms with Crippen LogP contribution in [0.25, 0.3) is 0 Å². The van der Waals surface area contributed by atoms with E-state index in [2.05, 4.69) is 5.43 Å². The Labute approximate surface area is 158 Å². The van der Waals surface area contributed by atoms with E-state index >= 15 is 0 Å². The summed E-state index contributed by atoms with van der Waals surface area (Å²) in [5.74, 6) is 4.37. The van der Waals surface area contributed by atoms with Crippen LogP contribution in [0.3, 0.4) is 0 Å². The van der Waals surface area contributed by atoms with Crippen molar-refractivity contribution >= 4 is 0 Å². The summed E-state index contributed by atoms with van der Waals surface area (Å²) in [6.45, 7) is 0. The predicted octanol–water partition coefficient (Wildman–Crippen LogP) is 0.142. The Kier molecular flexibility index (Phi) is 3.62. The second-order valence-corrected chi connectivity index (χ2v) is 8.19. The predicted molar refractivity (Wildman–Crippen MR) is 94.3 cm³/mol. The molecule has 6 atom stereocenters. The van der Waals surface area contributed by atoms with E-state index in [4.69, 9.17) is 11.6 Å². The molecule has 150 valence electrons. The van der Waals surface area contributed by atoms with Gasteiger partial charge in [-0.2, -0.15) is 5.43 Å². The maximum atomic E-state index is 12.7. The van der Waals surface area contributed by atoms with Gasteiger partial charge in [-0.3, -0.25) is 36.2 Å². The van der Waals surface area contributed by atoms with Crippen LogP contribution >= 0.6 is 0 Å². The van der Waals surface area contributed by atoms with Gasteiger partial charge in [-0.15, -0.1) is 0 Å². The van der Waals surface area contributed by atoms with E-state index in [-0.39, 0.29) is 30.7 Å². The third kappa shape index (κ3) is 1.63. The first-order valence-corrected chi connectivity index (χ1v) is 8.89. The Morgan fingerprint density at radius 1 is 0.964 bits per heavy atom. The van der Waals surface area contributed by atoms with Crippen molar-refractivity contribution in [2.75, 3.05) is 0 Å². The lowest BCUT2D eigenvalue weighted by Gasteiger charge is -2.64. The molecule has 4 fully saturated rings. The molecule has 1 aromatic carbocycles. The Morgan fingerprint density at radius 3 is 2.11 bits per heavy atom. The third-order valence-corrected chi connectivity index (χ3v) is 7.29. The van der Waals surface area contributed by atoms with Crippen LogP contribution in [0.4, 0.5) is 0 Å². The van der Waals surface area contributed by atoms with Gasteiger partial charge in [0.25, 0.3) is 0 Å². The molecular weight excluding hydrogens is 372 g/mol. The monoisotopic (exact) mass is 392 g/mol. The fourth-order valence-electron chi connectivity index (χ4n) is 6.70. The van der Waals surface area contributed by atoms with Crippen LogP contribution in [0, 0.1) is 42.2 Å². The van der Waals surface area contributed by atoms with Crippen molar-refractivity contribution in [3.63, 3.8) is 0 Å². The van der Waals surface area contributed by atoms with E-state index in [1.807, 2.05) is 0 Å². The summed E-state index contributed by atoms with van der Waals surface area (Å²) in [6, 6.07) is 7.38. The van der Waals surface area contributed by atoms with E-state index in [0.29, 0.717) is 6.42 Å². The molecule has 0 aliphatic heterocycles. The van der Waals surface area contributed by atoms with Gasteiger partial charge >= 0.3 is 16.7 Å². The highest BCUT2D eigenvalue weighted by Crippen LogP contribution is 2.70. The SMILES string of the molecule is NNC1([N+](=O)[O-])C2CC3CC(N)(C2)C(c2ccccc2)([N+](=O)[O-])C1([N+](=O)[O-])C3. The number of hydrogen-bond donors (Lipinski definition) is 3. The molecule has 28 heavy (non-hydrogen) atoms. The van der Waals surface area contributed by atoms with Crippen molar-refractivity contribution in [3.8, 4) is 0 Å². The highest BCUT2D eigenvalue weighted by atomic mass is 16.7. The Bertz CT molecular complexity index is 884. The fourth-order valence-corrected chi connectivity index (χ4v) is 6.70. The van der Waals surface area contributed by atoms with Gasteiger partial charge in [0, 0.05) is 21.8 Å². The number of nitro groups is 3. The molecule has 0 heterocycles. The van der Waals surface area contributed by atoms with Gasteiger partial charge in [0.2, 0.25) is 0 Å². The standard InChI is InChI=1S/C16H20N6O6/c17-13-7-10-6-12(9-13)16(19-18,22(27)28)14(8-10,20(23)24)15(13,21(25)26)11-4-2-1-3-5-11/h1-5,10,12,19H,6-9,17-18H2. The lowest BCUT2D eigenvalue weighted by atomic mass is 9.37. The first-order chi connectivity index (χ1) is 13.1. The minimum absolute atomic E-state index is 0.0144. The van der Waals surface area contributed by atoms with Crippen molar-refractivity contribution in [2.45, 2.75) is 48.0 Å². The van der Waals surface area contributed by atoms with Crippen LogP contribution in [0.15, 0.2) is 30.3 Å². The maximum absolute atomic E-state index is 12.7. The Hall–Kier alpha value is -2.70. The molecule has 4 aliphatic carbocycles. The summed E-state index contributed by atoms with van der Waals surface area (Å²) in [6.07, 6.45) is 0.0340. The number of nitrogens with one attached hydrogen (secondary N) is 1. The molecule has 0 amide bonds. The van der Waals surface area contributed by atoms with Gasteiger partial charge in [0.05, 0.1) is 10.8 Å². The minimum Gasteiger partial charge on any atom is -0.319 e. The summed E-state index contributed by atoms with van der Waals surface area (Å²) in [5, 5.41) is 37.6. The quantitative estimate of drug-likeness (QED) is 0.270. The molecule has 6 unspecified atom stereocenters. The second kappa shape index (κ2) is 5.43. The first kappa shape index (κ1) is 18.7. The number of nitrogens with zero attached hydrogens (tertiary/aromatic N) is 3. The van der Waals surface area contributed by atoms with Crippen molar-refractivity contribution in [2.24, 2.45) is 23.4 Å². The molecule has 4 aliphatic rings. The minimum atomic E-state index is -2.65. The molecule has 0 saturated heterocycles. The summed E-state index contributed by atoms with van der Waals surface area (Å²) in [4.78, 5) is 35.1. The normalized spacial score (nSPS) is 43.6. The van der Waals surface area contributed by atoms with Crippen molar-refractivity contribution in [3.05, 3.63) is 66.2 Å². The zero-order valence-electron chi connectivity index (χ0n) is 14.8. The van der Waals surface area contributed by atoms with Gasteiger partial charge in [-0.25, -0.2) is 0 Å². The number of hydrazine groups is 1. The van der Waals surface area contributed by atoms with E-state index < -0.39 is 43.0 Å². The number of nitrogens with two attached hydrogens (primary N) is 2.